The Balaban J connectivity index is 0.000000251. The Labute approximate surface area is 228 Å². The number of nitrogens with two attached hydrogens (primary N) is 4. The van der Waals surface area contributed by atoms with Crippen LogP contribution in [0.1, 0.15) is 5.56 Å². The van der Waals surface area contributed by atoms with Gasteiger partial charge in [0.15, 0.2) is 0 Å². The molecule has 0 aliphatic rings. The molecule has 0 bridgehead atoms. The number of alkyl halides is 3. The molecule has 0 saturated carbocycles. The lowest BCUT2D eigenvalue weighted by Crippen LogP contribution is -2.06. The van der Waals surface area contributed by atoms with Crippen LogP contribution in [0, 0.1) is 0 Å². The standard InChI is InChI=1S/C7H5ClF3N.C7H9NO.C6H5Cl2N.C6H7N/c8-6-2-1-4(12)3-5(6)7(9,10)11;1-9-7-4-2-6(8)3-5-7;7-4-1-2-6(9)5(8)3-4;7-6-4-2-1-3-5-6/h1-3H,12H2;2-5H,8H2,1H3;1-3H,9H2;1-5H,7H2. The highest BCUT2D eigenvalue weighted by Crippen LogP contribution is 2.35. The average Bonchev–Trinajstić information content (AvgIpc) is 2.85. The molecule has 0 heterocycles. The van der Waals surface area contributed by atoms with Gasteiger partial charge >= 0.3 is 6.18 Å². The lowest BCUT2D eigenvalue weighted by Gasteiger charge is -2.08. The molecule has 5 nitrogen and oxygen atoms in total. The maximum absolute atomic E-state index is 12.1. The summed E-state index contributed by atoms with van der Waals surface area (Å²) in [5, 5.41) is 0.772. The zero-order chi connectivity index (χ0) is 28.0. The lowest BCUT2D eigenvalue weighted by atomic mass is 10.2. The predicted octanol–water partition coefficient (Wildman–Crippen LogP) is 8.06. The minimum absolute atomic E-state index is 0.0479. The van der Waals surface area contributed by atoms with Crippen LogP contribution in [0.25, 0.3) is 0 Å². The third-order valence-corrected chi connectivity index (χ3v) is 5.07. The quantitative estimate of drug-likeness (QED) is 0.172. The maximum Gasteiger partial charge on any atom is 0.417 e. The van der Waals surface area contributed by atoms with Gasteiger partial charge in [0.25, 0.3) is 0 Å². The van der Waals surface area contributed by atoms with E-state index in [1.165, 1.54) is 6.07 Å². The molecule has 0 amide bonds. The van der Waals surface area contributed by atoms with Crippen molar-refractivity contribution in [3.63, 3.8) is 0 Å². The summed E-state index contributed by atoms with van der Waals surface area (Å²) < 4.78 is 41.2. The number of methoxy groups -OCH3 is 1. The van der Waals surface area contributed by atoms with Crippen molar-refractivity contribution in [2.75, 3.05) is 30.0 Å². The summed E-state index contributed by atoms with van der Waals surface area (Å²) in [5.41, 5.74) is 22.6. The van der Waals surface area contributed by atoms with E-state index in [1.54, 1.807) is 37.4 Å². The third kappa shape index (κ3) is 12.9. The van der Waals surface area contributed by atoms with Crippen molar-refractivity contribution < 1.29 is 17.9 Å². The number of hydrogen-bond donors (Lipinski definition) is 4. The fourth-order valence-electron chi connectivity index (χ4n) is 2.32. The Hall–Kier alpha value is -3.46. The fourth-order valence-corrected chi connectivity index (χ4v) is 2.95. The minimum Gasteiger partial charge on any atom is -0.497 e. The topological polar surface area (TPSA) is 113 Å². The van der Waals surface area contributed by atoms with Crippen LogP contribution in [0.4, 0.5) is 35.9 Å². The van der Waals surface area contributed by atoms with Crippen LogP contribution in [0.2, 0.25) is 15.1 Å². The van der Waals surface area contributed by atoms with Crippen LogP contribution in [0.5, 0.6) is 5.75 Å². The van der Waals surface area contributed by atoms with Gasteiger partial charge in [0.2, 0.25) is 0 Å². The van der Waals surface area contributed by atoms with Crippen molar-refractivity contribution in [2.24, 2.45) is 0 Å². The Bertz CT molecular complexity index is 1230. The van der Waals surface area contributed by atoms with Gasteiger partial charge < -0.3 is 27.7 Å². The van der Waals surface area contributed by atoms with Crippen LogP contribution in [-0.2, 0) is 6.18 Å². The summed E-state index contributed by atoms with van der Waals surface area (Å²) in [6, 6.07) is 25.0. The first-order valence-corrected chi connectivity index (χ1v) is 11.5. The van der Waals surface area contributed by atoms with Crippen molar-refractivity contribution in [1.82, 2.24) is 0 Å². The summed E-state index contributed by atoms with van der Waals surface area (Å²) in [7, 11) is 1.63. The zero-order valence-corrected chi connectivity index (χ0v) is 21.9. The number of rotatable bonds is 1. The molecular weight excluding hydrogens is 548 g/mol. The molecule has 11 heteroatoms. The number of hydrogen-bond acceptors (Lipinski definition) is 5. The third-order valence-electron chi connectivity index (χ3n) is 4.17. The summed E-state index contributed by atoms with van der Waals surface area (Å²) in [6.45, 7) is 0. The highest BCUT2D eigenvalue weighted by molar-refractivity contribution is 6.36. The smallest absolute Gasteiger partial charge is 0.417 e. The summed E-state index contributed by atoms with van der Waals surface area (Å²) >= 11 is 16.5. The number of ether oxygens (including phenoxy) is 1. The van der Waals surface area contributed by atoms with Crippen molar-refractivity contribution in [3.8, 4) is 5.75 Å². The summed E-state index contributed by atoms with van der Waals surface area (Å²) in [5.74, 6) is 0.837. The van der Waals surface area contributed by atoms with Gasteiger partial charge in [-0.15, -0.1) is 0 Å². The van der Waals surface area contributed by atoms with Crippen LogP contribution >= 0.6 is 34.8 Å². The molecule has 0 saturated heterocycles. The van der Waals surface area contributed by atoms with Gasteiger partial charge in [0.05, 0.1) is 28.4 Å². The first-order chi connectivity index (χ1) is 17.3. The van der Waals surface area contributed by atoms with Crippen molar-refractivity contribution in [2.45, 2.75) is 6.18 Å². The summed E-state index contributed by atoms with van der Waals surface area (Å²) in [4.78, 5) is 0. The normalized spacial score (nSPS) is 9.92. The van der Waals surface area contributed by atoms with Crippen LogP contribution < -0.4 is 27.7 Å². The largest absolute Gasteiger partial charge is 0.497 e. The fraction of sp³-hybridized carbons (Fsp3) is 0.0769. The average molecular weight is 574 g/mol. The van der Waals surface area contributed by atoms with Crippen molar-refractivity contribution >= 4 is 57.6 Å². The first kappa shape index (κ1) is 31.6. The van der Waals surface area contributed by atoms with E-state index in [9.17, 15) is 13.2 Å². The monoisotopic (exact) mass is 572 g/mol. The van der Waals surface area contributed by atoms with E-state index >= 15 is 0 Å². The van der Waals surface area contributed by atoms with E-state index in [1.807, 2.05) is 42.5 Å². The molecule has 0 unspecified atom stereocenters. The van der Waals surface area contributed by atoms with Crippen LogP contribution in [0.15, 0.2) is 91.0 Å². The number of nitrogen functional groups attached to an aromatic ring is 4. The molecule has 0 spiro atoms. The van der Waals surface area contributed by atoms with Crippen LogP contribution in [-0.4, -0.2) is 7.11 Å². The minimum atomic E-state index is -4.44. The van der Waals surface area contributed by atoms with Gasteiger partial charge in [0.1, 0.15) is 5.75 Å². The first-order valence-electron chi connectivity index (χ1n) is 10.4. The zero-order valence-electron chi connectivity index (χ0n) is 19.6. The van der Waals surface area contributed by atoms with Gasteiger partial charge in [0, 0.05) is 22.1 Å². The number of anilines is 4. The number of halogens is 6. The van der Waals surface area contributed by atoms with Gasteiger partial charge in [-0.3, -0.25) is 0 Å². The Morgan fingerprint density at radius 2 is 1.16 bits per heavy atom. The van der Waals surface area contributed by atoms with E-state index in [4.69, 9.17) is 62.5 Å². The molecule has 0 atom stereocenters. The van der Waals surface area contributed by atoms with Gasteiger partial charge in [-0.05, 0) is 72.8 Å². The van der Waals surface area contributed by atoms with Gasteiger partial charge in [-0.25, -0.2) is 0 Å². The molecule has 37 heavy (non-hydrogen) atoms. The second-order valence-electron chi connectivity index (χ2n) is 7.09. The van der Waals surface area contributed by atoms with Crippen LogP contribution in [0.3, 0.4) is 0 Å². The van der Waals surface area contributed by atoms with Gasteiger partial charge in [-0.2, -0.15) is 13.2 Å². The Kier molecular flexibility index (Phi) is 13.3. The molecule has 0 aromatic heterocycles. The highest BCUT2D eigenvalue weighted by Gasteiger charge is 2.33. The SMILES string of the molecule is COc1ccc(N)cc1.Nc1ccc(Cl)c(C(F)(F)F)c1.Nc1ccc(Cl)cc1Cl.Nc1ccccc1. The maximum atomic E-state index is 12.1. The molecular formula is C26H26Cl3F3N4O. The van der Waals surface area contributed by atoms with Crippen molar-refractivity contribution in [3.05, 3.63) is 112 Å². The molecule has 0 aliphatic carbocycles. The van der Waals surface area contributed by atoms with E-state index in [-0.39, 0.29) is 10.7 Å². The predicted molar refractivity (Wildman–Crippen MR) is 150 cm³/mol. The number of para-hydroxylation sites is 1. The molecule has 4 aromatic rings. The van der Waals surface area contributed by atoms with E-state index < -0.39 is 11.7 Å². The molecule has 0 aliphatic heterocycles. The number of benzene rings is 4. The molecule has 4 aromatic carbocycles. The second-order valence-corrected chi connectivity index (χ2v) is 8.34. The van der Waals surface area contributed by atoms with E-state index in [0.29, 0.717) is 15.7 Å². The molecule has 198 valence electrons. The Morgan fingerprint density at radius 3 is 1.57 bits per heavy atom. The van der Waals surface area contributed by atoms with Gasteiger partial charge in [-0.1, -0.05) is 53.0 Å². The van der Waals surface area contributed by atoms with E-state index in [2.05, 4.69) is 0 Å². The molecule has 4 rings (SSSR count). The van der Waals surface area contributed by atoms with Crippen molar-refractivity contribution in [1.29, 1.82) is 0 Å². The molecule has 0 fully saturated rings. The summed E-state index contributed by atoms with van der Waals surface area (Å²) in [6.07, 6.45) is -4.44. The molecule has 0 radical (unpaired) electrons. The molecule has 8 N–H and O–H groups in total. The highest BCUT2D eigenvalue weighted by atomic mass is 35.5. The lowest BCUT2D eigenvalue weighted by molar-refractivity contribution is -0.137. The second kappa shape index (κ2) is 15.6. The Morgan fingerprint density at radius 1 is 0.622 bits per heavy atom. The van der Waals surface area contributed by atoms with E-state index in [0.717, 1.165) is 29.3 Å².